The van der Waals surface area contributed by atoms with E-state index >= 15 is 0 Å². The van der Waals surface area contributed by atoms with Gasteiger partial charge in [-0.3, -0.25) is 9.48 Å². The number of hydrogen-bond acceptors (Lipinski definition) is 8. The lowest BCUT2D eigenvalue weighted by molar-refractivity contribution is 0.0990. The van der Waals surface area contributed by atoms with Crippen molar-refractivity contribution in [1.82, 2.24) is 24.7 Å². The number of hydrogen-bond donors (Lipinski definition) is 1. The van der Waals surface area contributed by atoms with Crippen molar-refractivity contribution in [3.63, 3.8) is 0 Å². The molecule has 9 nitrogen and oxygen atoms in total. The zero-order valence-electron chi connectivity index (χ0n) is 15.1. The molecule has 0 fully saturated rings. The molecule has 10 heteroatoms. The highest BCUT2D eigenvalue weighted by Gasteiger charge is 2.32. The van der Waals surface area contributed by atoms with Gasteiger partial charge in [0.25, 0.3) is 5.91 Å². The third-order valence-electron chi connectivity index (χ3n) is 4.44. The molecule has 0 aliphatic carbocycles. The highest BCUT2D eigenvalue weighted by Crippen LogP contribution is 2.40. The van der Waals surface area contributed by atoms with Gasteiger partial charge in [0.2, 0.25) is 5.95 Å². The van der Waals surface area contributed by atoms with E-state index in [1.165, 1.54) is 16.2 Å². The molecule has 134 valence electrons. The molecule has 0 saturated heterocycles. The highest BCUT2D eigenvalue weighted by molar-refractivity contribution is 7.16. The predicted octanol–water partition coefficient (Wildman–Crippen LogP) is 2.38. The van der Waals surface area contributed by atoms with E-state index in [1.807, 2.05) is 32.8 Å². The second kappa shape index (κ2) is 5.77. The summed E-state index contributed by atoms with van der Waals surface area (Å²) >= 11 is 1.47. The second-order valence-electron chi connectivity index (χ2n) is 6.10. The maximum Gasteiger partial charge on any atom is 0.279 e. The van der Waals surface area contributed by atoms with Crippen LogP contribution >= 0.6 is 11.3 Å². The summed E-state index contributed by atoms with van der Waals surface area (Å²) in [5.41, 5.74) is 2.88. The van der Waals surface area contributed by atoms with E-state index in [9.17, 15) is 4.79 Å². The molecule has 0 atom stereocenters. The number of fused-ring (bicyclic) bond motifs is 2. The van der Waals surface area contributed by atoms with Gasteiger partial charge in [0.1, 0.15) is 10.7 Å². The molecule has 0 saturated carbocycles. The fourth-order valence-corrected chi connectivity index (χ4v) is 3.67. The van der Waals surface area contributed by atoms with Gasteiger partial charge < -0.3 is 15.1 Å². The van der Waals surface area contributed by atoms with Crippen LogP contribution in [0.4, 0.5) is 28.1 Å². The van der Waals surface area contributed by atoms with Crippen LogP contribution in [0, 0.1) is 13.8 Å². The second-order valence-corrected chi connectivity index (χ2v) is 7.29. The Morgan fingerprint density at radius 1 is 1.08 bits per heavy atom. The van der Waals surface area contributed by atoms with E-state index < -0.39 is 0 Å². The van der Waals surface area contributed by atoms with Crippen LogP contribution in [0.1, 0.15) is 21.2 Å². The Hall–Kier alpha value is -3.01. The van der Waals surface area contributed by atoms with Crippen molar-refractivity contribution in [2.75, 3.05) is 29.2 Å². The smallest absolute Gasteiger partial charge is 0.279 e. The summed E-state index contributed by atoms with van der Waals surface area (Å²) in [5.74, 6) is 0.918. The largest absolute Gasteiger partial charge is 0.321 e. The van der Waals surface area contributed by atoms with Crippen molar-refractivity contribution in [2.24, 2.45) is 7.05 Å². The van der Waals surface area contributed by atoms with Gasteiger partial charge in [-0.2, -0.15) is 10.1 Å². The number of carbonyl (C=O) groups is 1. The average Bonchev–Trinajstić information content (AvgIpc) is 3.15. The zero-order chi connectivity index (χ0) is 18.6. The number of aromatic nitrogens is 5. The molecule has 0 unspecified atom stereocenters. The summed E-state index contributed by atoms with van der Waals surface area (Å²) in [4.78, 5) is 29.6. The van der Waals surface area contributed by atoms with Gasteiger partial charge in [0.15, 0.2) is 11.5 Å². The van der Waals surface area contributed by atoms with Gasteiger partial charge in [-0.15, -0.1) is 11.3 Å². The highest BCUT2D eigenvalue weighted by atomic mass is 32.1. The molecule has 4 heterocycles. The van der Waals surface area contributed by atoms with E-state index in [2.05, 4.69) is 25.4 Å². The van der Waals surface area contributed by atoms with E-state index in [0.29, 0.717) is 23.1 Å². The topological polar surface area (TPSA) is 92.1 Å². The molecular weight excluding hydrogens is 352 g/mol. The van der Waals surface area contributed by atoms with E-state index in [0.717, 1.165) is 21.4 Å². The minimum absolute atomic E-state index is 0.164. The molecule has 0 spiro atoms. The Kier molecular flexibility index (Phi) is 3.65. The maximum atomic E-state index is 12.7. The lowest BCUT2D eigenvalue weighted by atomic mass is 10.3. The molecule has 1 N–H and O–H groups in total. The third-order valence-corrected chi connectivity index (χ3v) is 5.49. The summed E-state index contributed by atoms with van der Waals surface area (Å²) in [6.45, 7) is 3.85. The van der Waals surface area contributed by atoms with Crippen LogP contribution in [-0.2, 0) is 7.05 Å². The van der Waals surface area contributed by atoms with Gasteiger partial charge in [0, 0.05) is 21.1 Å². The molecule has 4 rings (SSSR count). The molecule has 26 heavy (non-hydrogen) atoms. The van der Waals surface area contributed by atoms with E-state index in [4.69, 9.17) is 0 Å². The fourth-order valence-electron chi connectivity index (χ4n) is 2.80. The van der Waals surface area contributed by atoms with Crippen LogP contribution in [0.2, 0.25) is 0 Å². The Morgan fingerprint density at radius 2 is 1.85 bits per heavy atom. The predicted molar refractivity (Wildman–Crippen MR) is 101 cm³/mol. The fraction of sp³-hybridized carbons (Fsp3) is 0.312. The van der Waals surface area contributed by atoms with Crippen LogP contribution in [0.15, 0.2) is 12.4 Å². The number of nitrogens with zero attached hydrogens (tertiary/aromatic N) is 7. The maximum absolute atomic E-state index is 12.7. The van der Waals surface area contributed by atoms with E-state index in [1.54, 1.807) is 24.1 Å². The van der Waals surface area contributed by atoms with Gasteiger partial charge in [-0.1, -0.05) is 0 Å². The average molecular weight is 370 g/mol. The summed E-state index contributed by atoms with van der Waals surface area (Å²) in [7, 11) is 5.47. The van der Waals surface area contributed by atoms with Crippen molar-refractivity contribution in [1.29, 1.82) is 0 Å². The lowest BCUT2D eigenvalue weighted by Gasteiger charge is -2.20. The van der Waals surface area contributed by atoms with Gasteiger partial charge in [-0.05, 0) is 13.8 Å². The Balaban J connectivity index is 1.80. The van der Waals surface area contributed by atoms with Crippen LogP contribution in [-0.4, -0.2) is 44.7 Å². The minimum Gasteiger partial charge on any atom is -0.321 e. The number of rotatable bonds is 2. The van der Waals surface area contributed by atoms with Crippen LogP contribution in [0.3, 0.4) is 0 Å². The first-order valence-corrected chi connectivity index (χ1v) is 8.80. The summed E-state index contributed by atoms with van der Waals surface area (Å²) in [6, 6.07) is 0. The summed E-state index contributed by atoms with van der Waals surface area (Å²) < 4.78 is 1.77. The standard InChI is InChI=1S/C16H18N8OS/c1-8-10(6-18-24(8)5)20-16-17-7-11-13(21-16)23(4)15-12(14(25)22(11)3)19-9(2)26-15/h6-7H,1-5H3,(H,17,20,21). The van der Waals surface area contributed by atoms with Crippen molar-refractivity contribution >= 4 is 45.4 Å². The molecule has 1 amide bonds. The molecule has 0 bridgehead atoms. The lowest BCUT2D eigenvalue weighted by Crippen LogP contribution is -2.26. The van der Waals surface area contributed by atoms with Crippen molar-refractivity contribution in [3.05, 3.63) is 28.8 Å². The number of aryl methyl sites for hydroxylation is 2. The SMILES string of the molecule is Cc1nc2c(s1)N(C)c1nc(Nc3cnn(C)c3C)ncc1N(C)C2=O. The molecular formula is C16H18N8OS. The minimum atomic E-state index is -0.164. The van der Waals surface area contributed by atoms with Crippen molar-refractivity contribution in [2.45, 2.75) is 13.8 Å². The van der Waals surface area contributed by atoms with Crippen LogP contribution in [0.5, 0.6) is 0 Å². The number of nitrogens with one attached hydrogen (secondary N) is 1. The van der Waals surface area contributed by atoms with Gasteiger partial charge in [0.05, 0.1) is 28.8 Å². The third kappa shape index (κ3) is 2.41. The quantitative estimate of drug-likeness (QED) is 0.740. The zero-order valence-corrected chi connectivity index (χ0v) is 15.9. The molecule has 3 aromatic heterocycles. The number of anilines is 5. The summed E-state index contributed by atoms with van der Waals surface area (Å²) in [6.07, 6.45) is 3.38. The van der Waals surface area contributed by atoms with Crippen LogP contribution < -0.4 is 15.1 Å². The van der Waals surface area contributed by atoms with Gasteiger partial charge in [-0.25, -0.2) is 9.97 Å². The molecule has 3 aromatic rings. The monoisotopic (exact) mass is 370 g/mol. The first-order valence-electron chi connectivity index (χ1n) is 7.98. The normalized spacial score (nSPS) is 13.5. The van der Waals surface area contributed by atoms with Crippen LogP contribution in [0.25, 0.3) is 0 Å². The van der Waals surface area contributed by atoms with Crippen molar-refractivity contribution < 1.29 is 4.79 Å². The Bertz CT molecular complexity index is 1020. The first-order chi connectivity index (χ1) is 12.4. The number of amides is 1. The first kappa shape index (κ1) is 16.5. The molecule has 1 aliphatic rings. The number of thiazole rings is 1. The number of carbonyl (C=O) groups excluding carboxylic acids is 1. The Morgan fingerprint density at radius 3 is 2.54 bits per heavy atom. The summed E-state index contributed by atoms with van der Waals surface area (Å²) in [5, 5.41) is 9.02. The van der Waals surface area contributed by atoms with Crippen molar-refractivity contribution in [3.8, 4) is 0 Å². The van der Waals surface area contributed by atoms with Gasteiger partial charge >= 0.3 is 0 Å². The Labute approximate surface area is 154 Å². The molecule has 0 radical (unpaired) electrons. The van der Waals surface area contributed by atoms with E-state index in [-0.39, 0.29) is 5.91 Å². The molecule has 1 aliphatic heterocycles. The molecule has 0 aromatic carbocycles.